The summed E-state index contributed by atoms with van der Waals surface area (Å²) in [6, 6.07) is 6.98. The van der Waals surface area contributed by atoms with Crippen LogP contribution in [-0.2, 0) is 4.79 Å². The van der Waals surface area contributed by atoms with Crippen LogP contribution >= 0.6 is 11.6 Å². The molecule has 3 nitrogen and oxygen atoms in total. The van der Waals surface area contributed by atoms with Crippen LogP contribution in [0, 0.1) is 0 Å². The minimum atomic E-state index is -0.849. The third kappa shape index (κ3) is 5.08. The van der Waals surface area contributed by atoms with E-state index in [1.807, 2.05) is 0 Å². The molecule has 1 rings (SSSR count). The van der Waals surface area contributed by atoms with Crippen molar-refractivity contribution in [3.8, 4) is 5.75 Å². The summed E-state index contributed by atoms with van der Waals surface area (Å²) in [5, 5.41) is 9.01. The first kappa shape index (κ1) is 11.6. The standard InChI is InChI=1S/C11H11ClO3/c12-9-4-6-10(7-5-9)15-8-2-1-3-11(13)14/h1-2,4-7H,3,8H2,(H,13,14)/b2-1+. The van der Waals surface area contributed by atoms with Crippen LogP contribution in [0.2, 0.25) is 5.02 Å². The summed E-state index contributed by atoms with van der Waals surface area (Å²) in [4.78, 5) is 10.2. The maximum atomic E-state index is 10.2. The highest BCUT2D eigenvalue weighted by Crippen LogP contribution is 2.15. The minimum absolute atomic E-state index is 0.0178. The maximum Gasteiger partial charge on any atom is 0.307 e. The number of rotatable bonds is 5. The lowest BCUT2D eigenvalue weighted by Crippen LogP contribution is -1.94. The van der Waals surface area contributed by atoms with Gasteiger partial charge in [0.15, 0.2) is 0 Å². The van der Waals surface area contributed by atoms with Crippen LogP contribution in [-0.4, -0.2) is 17.7 Å². The number of carbonyl (C=O) groups is 1. The number of benzene rings is 1. The van der Waals surface area contributed by atoms with E-state index in [0.29, 0.717) is 17.4 Å². The number of halogens is 1. The highest BCUT2D eigenvalue weighted by Gasteiger charge is 1.92. The predicted molar refractivity (Wildman–Crippen MR) is 58.3 cm³/mol. The SMILES string of the molecule is O=C(O)C/C=C/COc1ccc(Cl)cc1. The molecule has 0 radical (unpaired) electrons. The van der Waals surface area contributed by atoms with Crippen molar-refractivity contribution in [2.24, 2.45) is 0 Å². The van der Waals surface area contributed by atoms with Crippen molar-refractivity contribution >= 4 is 17.6 Å². The molecule has 0 atom stereocenters. The number of carboxylic acids is 1. The lowest BCUT2D eigenvalue weighted by Gasteiger charge is -2.01. The molecule has 1 N–H and O–H groups in total. The second-order valence-electron chi connectivity index (χ2n) is 2.83. The van der Waals surface area contributed by atoms with Crippen LogP contribution in [0.1, 0.15) is 6.42 Å². The Labute approximate surface area is 92.9 Å². The van der Waals surface area contributed by atoms with Crippen molar-refractivity contribution in [3.63, 3.8) is 0 Å². The van der Waals surface area contributed by atoms with E-state index in [-0.39, 0.29) is 6.42 Å². The van der Waals surface area contributed by atoms with Gasteiger partial charge in [0.25, 0.3) is 0 Å². The molecule has 4 heteroatoms. The molecule has 1 aromatic rings. The van der Waals surface area contributed by atoms with Crippen molar-refractivity contribution in [2.75, 3.05) is 6.61 Å². The van der Waals surface area contributed by atoms with E-state index in [1.165, 1.54) is 0 Å². The van der Waals surface area contributed by atoms with E-state index < -0.39 is 5.97 Å². The van der Waals surface area contributed by atoms with Gasteiger partial charge in [0.05, 0.1) is 6.42 Å². The molecular formula is C11H11ClO3. The molecule has 0 aliphatic carbocycles. The zero-order valence-corrected chi connectivity index (χ0v) is 8.78. The summed E-state index contributed by atoms with van der Waals surface area (Å²) in [7, 11) is 0. The number of hydrogen-bond donors (Lipinski definition) is 1. The van der Waals surface area contributed by atoms with Crippen molar-refractivity contribution in [1.82, 2.24) is 0 Å². The van der Waals surface area contributed by atoms with Crippen molar-refractivity contribution < 1.29 is 14.6 Å². The molecule has 15 heavy (non-hydrogen) atoms. The van der Waals surface area contributed by atoms with Crippen LogP contribution in [0.15, 0.2) is 36.4 Å². The zero-order valence-electron chi connectivity index (χ0n) is 8.02. The Balaban J connectivity index is 2.28. The van der Waals surface area contributed by atoms with Crippen LogP contribution < -0.4 is 4.74 Å². The van der Waals surface area contributed by atoms with Gasteiger partial charge in [0.2, 0.25) is 0 Å². The second-order valence-corrected chi connectivity index (χ2v) is 3.27. The van der Waals surface area contributed by atoms with Gasteiger partial charge in [0, 0.05) is 5.02 Å². The Morgan fingerprint density at radius 2 is 2.00 bits per heavy atom. The molecule has 0 bridgehead atoms. The molecule has 0 unspecified atom stereocenters. The van der Waals surface area contributed by atoms with E-state index in [2.05, 4.69) is 0 Å². The lowest BCUT2D eigenvalue weighted by atomic mass is 10.3. The first-order valence-corrected chi connectivity index (χ1v) is 4.81. The summed E-state index contributed by atoms with van der Waals surface area (Å²) in [5.74, 6) is -0.142. The average molecular weight is 227 g/mol. The highest BCUT2D eigenvalue weighted by molar-refractivity contribution is 6.30. The largest absolute Gasteiger partial charge is 0.490 e. The number of aliphatic carboxylic acids is 1. The molecule has 0 fully saturated rings. The molecule has 1 aromatic carbocycles. The Morgan fingerprint density at radius 3 is 2.60 bits per heavy atom. The summed E-state index contributed by atoms with van der Waals surface area (Å²) in [5.41, 5.74) is 0. The fourth-order valence-electron chi connectivity index (χ4n) is 0.927. The summed E-state index contributed by atoms with van der Waals surface area (Å²) >= 11 is 5.70. The molecule has 0 saturated heterocycles. The van der Waals surface area contributed by atoms with E-state index in [4.69, 9.17) is 21.4 Å². The monoisotopic (exact) mass is 226 g/mol. The smallest absolute Gasteiger partial charge is 0.307 e. The van der Waals surface area contributed by atoms with Gasteiger partial charge in [0.1, 0.15) is 12.4 Å². The number of hydrogen-bond acceptors (Lipinski definition) is 2. The molecule has 0 heterocycles. The molecule has 0 aliphatic heterocycles. The predicted octanol–water partition coefficient (Wildman–Crippen LogP) is 2.75. The van der Waals surface area contributed by atoms with Gasteiger partial charge in [-0.2, -0.15) is 0 Å². The molecule has 80 valence electrons. The van der Waals surface area contributed by atoms with Gasteiger partial charge in [-0.3, -0.25) is 4.79 Å². The van der Waals surface area contributed by atoms with Crippen LogP contribution in [0.5, 0.6) is 5.75 Å². The Bertz CT molecular complexity index is 343. The number of carboxylic acid groups (broad SMARTS) is 1. The van der Waals surface area contributed by atoms with Gasteiger partial charge in [-0.1, -0.05) is 23.8 Å². The highest BCUT2D eigenvalue weighted by atomic mass is 35.5. The Hall–Kier alpha value is -1.48. The molecule has 0 aliphatic rings. The molecule has 0 saturated carbocycles. The fourth-order valence-corrected chi connectivity index (χ4v) is 1.05. The molecule has 0 amide bonds. The van der Waals surface area contributed by atoms with E-state index in [0.717, 1.165) is 0 Å². The van der Waals surface area contributed by atoms with Gasteiger partial charge < -0.3 is 9.84 Å². The van der Waals surface area contributed by atoms with Gasteiger partial charge >= 0.3 is 5.97 Å². The van der Waals surface area contributed by atoms with Crippen LogP contribution in [0.4, 0.5) is 0 Å². The minimum Gasteiger partial charge on any atom is -0.490 e. The summed E-state index contributed by atoms with van der Waals surface area (Å²) < 4.78 is 5.30. The van der Waals surface area contributed by atoms with Crippen molar-refractivity contribution in [1.29, 1.82) is 0 Å². The number of ether oxygens (including phenoxy) is 1. The maximum absolute atomic E-state index is 10.2. The van der Waals surface area contributed by atoms with Crippen LogP contribution in [0.25, 0.3) is 0 Å². The normalized spacial score (nSPS) is 10.5. The molecule has 0 aromatic heterocycles. The average Bonchev–Trinajstić information content (AvgIpc) is 2.20. The van der Waals surface area contributed by atoms with Gasteiger partial charge in [-0.25, -0.2) is 0 Å². The lowest BCUT2D eigenvalue weighted by molar-refractivity contribution is -0.136. The molecular weight excluding hydrogens is 216 g/mol. The Morgan fingerprint density at radius 1 is 1.33 bits per heavy atom. The van der Waals surface area contributed by atoms with Crippen molar-refractivity contribution in [3.05, 3.63) is 41.4 Å². The van der Waals surface area contributed by atoms with Gasteiger partial charge in [-0.05, 0) is 24.3 Å². The van der Waals surface area contributed by atoms with Crippen molar-refractivity contribution in [2.45, 2.75) is 6.42 Å². The summed E-state index contributed by atoms with van der Waals surface area (Å²) in [6.07, 6.45) is 3.24. The van der Waals surface area contributed by atoms with E-state index >= 15 is 0 Å². The van der Waals surface area contributed by atoms with E-state index in [9.17, 15) is 4.79 Å². The first-order valence-electron chi connectivity index (χ1n) is 4.43. The third-order valence-corrected chi connectivity index (χ3v) is 1.87. The Kier molecular flexibility index (Phi) is 4.71. The van der Waals surface area contributed by atoms with E-state index in [1.54, 1.807) is 36.4 Å². The second kappa shape index (κ2) is 6.09. The first-order chi connectivity index (χ1) is 7.18. The quantitative estimate of drug-likeness (QED) is 0.786. The zero-order chi connectivity index (χ0) is 11.1. The summed E-state index contributed by atoms with van der Waals surface area (Å²) in [6.45, 7) is 0.356. The fraction of sp³-hybridized carbons (Fsp3) is 0.182. The molecule has 0 spiro atoms. The third-order valence-electron chi connectivity index (χ3n) is 1.62. The topological polar surface area (TPSA) is 46.5 Å². The van der Waals surface area contributed by atoms with Gasteiger partial charge in [-0.15, -0.1) is 0 Å². The van der Waals surface area contributed by atoms with Crippen LogP contribution in [0.3, 0.4) is 0 Å².